The molecular formula is C21H32O3. The van der Waals surface area contributed by atoms with Gasteiger partial charge in [0.15, 0.2) is 0 Å². The molecule has 0 amide bonds. The van der Waals surface area contributed by atoms with Gasteiger partial charge in [0.25, 0.3) is 0 Å². The van der Waals surface area contributed by atoms with Gasteiger partial charge in [-0.1, -0.05) is 49.6 Å². The van der Waals surface area contributed by atoms with Gasteiger partial charge in [-0.15, -0.1) is 0 Å². The smallest absolute Gasteiger partial charge is 0.303 e. The highest BCUT2D eigenvalue weighted by molar-refractivity contribution is 5.67. The maximum Gasteiger partial charge on any atom is 0.303 e. The van der Waals surface area contributed by atoms with Gasteiger partial charge in [0.1, 0.15) is 0 Å². The normalized spacial score (nSPS) is 22.2. The quantitative estimate of drug-likeness (QED) is 0.604. The molecule has 1 unspecified atom stereocenters. The Balaban J connectivity index is 1.55. The molecule has 0 bridgehead atoms. The Hall–Kier alpha value is -1.35. The SMILES string of the molecule is O=C(O)C[C@@H]1CCC[C@H](CCC(O)CCCCc2ccccc2)C1. The molecule has 0 heterocycles. The summed E-state index contributed by atoms with van der Waals surface area (Å²) in [4.78, 5) is 10.8. The number of carboxylic acid groups (broad SMARTS) is 1. The van der Waals surface area contributed by atoms with Gasteiger partial charge in [0.2, 0.25) is 0 Å². The van der Waals surface area contributed by atoms with E-state index in [1.807, 2.05) is 6.07 Å². The predicted octanol–water partition coefficient (Wildman–Crippen LogP) is 4.82. The molecule has 1 aromatic carbocycles. The first-order valence-electron chi connectivity index (χ1n) is 9.57. The van der Waals surface area contributed by atoms with Crippen LogP contribution >= 0.6 is 0 Å². The van der Waals surface area contributed by atoms with Gasteiger partial charge in [-0.05, 0) is 62.3 Å². The summed E-state index contributed by atoms with van der Waals surface area (Å²) in [5.41, 5.74) is 1.37. The number of aliphatic hydroxyl groups excluding tert-OH is 1. The molecule has 3 heteroatoms. The van der Waals surface area contributed by atoms with Crippen molar-refractivity contribution in [3.05, 3.63) is 35.9 Å². The van der Waals surface area contributed by atoms with Gasteiger partial charge in [0.05, 0.1) is 6.10 Å². The molecule has 1 aromatic rings. The van der Waals surface area contributed by atoms with Crippen LogP contribution in [0.25, 0.3) is 0 Å². The fourth-order valence-corrected chi connectivity index (χ4v) is 4.02. The second-order valence-corrected chi connectivity index (χ2v) is 7.46. The van der Waals surface area contributed by atoms with E-state index in [0.717, 1.165) is 57.8 Å². The second-order valence-electron chi connectivity index (χ2n) is 7.46. The largest absolute Gasteiger partial charge is 0.481 e. The highest BCUT2D eigenvalue weighted by Crippen LogP contribution is 2.34. The number of aryl methyl sites for hydroxylation is 1. The lowest BCUT2D eigenvalue weighted by atomic mass is 9.77. The molecule has 3 atom stereocenters. The first kappa shape index (κ1) is 19.0. The average molecular weight is 332 g/mol. The Morgan fingerprint density at radius 1 is 1.08 bits per heavy atom. The summed E-state index contributed by atoms with van der Waals surface area (Å²) in [5, 5.41) is 19.1. The lowest BCUT2D eigenvalue weighted by molar-refractivity contribution is -0.138. The van der Waals surface area contributed by atoms with Crippen molar-refractivity contribution in [3.8, 4) is 0 Å². The zero-order valence-corrected chi connectivity index (χ0v) is 14.7. The van der Waals surface area contributed by atoms with Gasteiger partial charge in [-0.25, -0.2) is 0 Å². The van der Waals surface area contributed by atoms with Crippen LogP contribution in [0.15, 0.2) is 30.3 Å². The summed E-state index contributed by atoms with van der Waals surface area (Å²) in [6, 6.07) is 10.5. The van der Waals surface area contributed by atoms with Crippen LogP contribution in [0, 0.1) is 11.8 Å². The number of hydrogen-bond acceptors (Lipinski definition) is 2. The molecule has 0 spiro atoms. The number of hydrogen-bond donors (Lipinski definition) is 2. The Bertz CT molecular complexity index is 471. The Labute approximate surface area is 146 Å². The molecule has 24 heavy (non-hydrogen) atoms. The van der Waals surface area contributed by atoms with Crippen molar-refractivity contribution in [2.75, 3.05) is 0 Å². The summed E-state index contributed by atoms with van der Waals surface area (Å²) >= 11 is 0. The number of aliphatic hydroxyl groups is 1. The number of benzene rings is 1. The van der Waals surface area contributed by atoms with Crippen molar-refractivity contribution in [3.63, 3.8) is 0 Å². The zero-order chi connectivity index (χ0) is 17.2. The zero-order valence-electron chi connectivity index (χ0n) is 14.7. The third-order valence-electron chi connectivity index (χ3n) is 5.36. The van der Waals surface area contributed by atoms with E-state index < -0.39 is 5.97 Å². The van der Waals surface area contributed by atoms with Gasteiger partial charge in [0, 0.05) is 6.42 Å². The number of unbranched alkanes of at least 4 members (excludes halogenated alkanes) is 1. The summed E-state index contributed by atoms with van der Waals surface area (Å²) in [5.74, 6) is 0.297. The number of aliphatic carboxylic acids is 1. The van der Waals surface area contributed by atoms with E-state index >= 15 is 0 Å². The van der Waals surface area contributed by atoms with Gasteiger partial charge < -0.3 is 10.2 Å². The summed E-state index contributed by atoms with van der Waals surface area (Å²) in [6.45, 7) is 0. The minimum atomic E-state index is -0.667. The molecule has 0 aromatic heterocycles. The fraction of sp³-hybridized carbons (Fsp3) is 0.667. The predicted molar refractivity (Wildman–Crippen MR) is 96.9 cm³/mol. The fourth-order valence-electron chi connectivity index (χ4n) is 4.02. The second kappa shape index (κ2) is 10.5. The standard InChI is InChI=1S/C21H32O3/c22-20(12-5-4-9-17-7-2-1-3-8-17)14-13-18-10-6-11-19(15-18)16-21(23)24/h1-3,7-8,18-20,22H,4-6,9-16H2,(H,23,24)/t18-,19-,20?/m1/s1. The Kier molecular flexibility index (Phi) is 8.31. The molecule has 1 fully saturated rings. The molecule has 0 saturated heterocycles. The van der Waals surface area contributed by atoms with E-state index in [-0.39, 0.29) is 6.10 Å². The average Bonchev–Trinajstić information content (AvgIpc) is 2.58. The van der Waals surface area contributed by atoms with Crippen LogP contribution in [0.5, 0.6) is 0 Å². The van der Waals surface area contributed by atoms with E-state index in [9.17, 15) is 9.90 Å². The highest BCUT2D eigenvalue weighted by atomic mass is 16.4. The molecule has 2 rings (SSSR count). The third-order valence-corrected chi connectivity index (χ3v) is 5.36. The molecule has 1 aliphatic rings. The van der Waals surface area contributed by atoms with Crippen LogP contribution in [0.3, 0.4) is 0 Å². The molecule has 0 aliphatic heterocycles. The molecule has 1 aliphatic carbocycles. The van der Waals surface area contributed by atoms with Crippen molar-refractivity contribution in [1.29, 1.82) is 0 Å². The van der Waals surface area contributed by atoms with E-state index in [0.29, 0.717) is 18.3 Å². The van der Waals surface area contributed by atoms with Crippen LogP contribution in [0.1, 0.15) is 69.8 Å². The van der Waals surface area contributed by atoms with Crippen molar-refractivity contribution < 1.29 is 15.0 Å². The Morgan fingerprint density at radius 2 is 1.83 bits per heavy atom. The van der Waals surface area contributed by atoms with E-state index in [1.54, 1.807) is 0 Å². The Morgan fingerprint density at radius 3 is 2.58 bits per heavy atom. The van der Waals surface area contributed by atoms with E-state index in [2.05, 4.69) is 24.3 Å². The van der Waals surface area contributed by atoms with Crippen LogP contribution in [-0.4, -0.2) is 22.3 Å². The molecule has 0 radical (unpaired) electrons. The minimum absolute atomic E-state index is 0.194. The number of carboxylic acids is 1. The first-order chi connectivity index (χ1) is 11.6. The van der Waals surface area contributed by atoms with E-state index in [4.69, 9.17) is 5.11 Å². The van der Waals surface area contributed by atoms with Crippen molar-refractivity contribution in [1.82, 2.24) is 0 Å². The summed E-state index contributed by atoms with van der Waals surface area (Å²) in [6.07, 6.45) is 10.7. The minimum Gasteiger partial charge on any atom is -0.481 e. The summed E-state index contributed by atoms with van der Waals surface area (Å²) in [7, 11) is 0. The van der Waals surface area contributed by atoms with Crippen molar-refractivity contribution in [2.45, 2.75) is 76.7 Å². The third kappa shape index (κ3) is 7.48. The molecule has 134 valence electrons. The van der Waals surface area contributed by atoms with Crippen molar-refractivity contribution in [2.24, 2.45) is 11.8 Å². The molecule has 3 nitrogen and oxygen atoms in total. The summed E-state index contributed by atoms with van der Waals surface area (Å²) < 4.78 is 0. The lowest BCUT2D eigenvalue weighted by Gasteiger charge is -2.28. The molecule has 1 saturated carbocycles. The monoisotopic (exact) mass is 332 g/mol. The van der Waals surface area contributed by atoms with Gasteiger partial charge >= 0.3 is 5.97 Å². The van der Waals surface area contributed by atoms with E-state index in [1.165, 1.54) is 12.0 Å². The number of rotatable bonds is 10. The van der Waals surface area contributed by atoms with Crippen LogP contribution in [0.2, 0.25) is 0 Å². The topological polar surface area (TPSA) is 57.5 Å². The first-order valence-corrected chi connectivity index (χ1v) is 9.57. The van der Waals surface area contributed by atoms with Crippen LogP contribution in [0.4, 0.5) is 0 Å². The van der Waals surface area contributed by atoms with Crippen LogP contribution in [-0.2, 0) is 11.2 Å². The lowest BCUT2D eigenvalue weighted by Crippen LogP contribution is -2.19. The van der Waals surface area contributed by atoms with Crippen LogP contribution < -0.4 is 0 Å². The number of carbonyl (C=O) groups is 1. The highest BCUT2D eigenvalue weighted by Gasteiger charge is 2.24. The maximum atomic E-state index is 10.8. The molecular weight excluding hydrogens is 300 g/mol. The van der Waals surface area contributed by atoms with Crippen molar-refractivity contribution >= 4 is 5.97 Å². The molecule has 2 N–H and O–H groups in total. The van der Waals surface area contributed by atoms with Gasteiger partial charge in [-0.2, -0.15) is 0 Å². The maximum absolute atomic E-state index is 10.8. The van der Waals surface area contributed by atoms with Gasteiger partial charge in [-0.3, -0.25) is 4.79 Å².